The van der Waals surface area contributed by atoms with Crippen LogP contribution in [0.1, 0.15) is 31.4 Å². The SMILES string of the molecule is COc1ccc(-c2cc(C3(C(=O)N4CCC5(CC4)OCCO5)CC3)no2)cc1OC. The van der Waals surface area contributed by atoms with Crippen molar-refractivity contribution < 1.29 is 28.3 Å². The van der Waals surface area contributed by atoms with Gasteiger partial charge in [0.1, 0.15) is 0 Å². The lowest BCUT2D eigenvalue weighted by molar-refractivity contribution is -0.188. The van der Waals surface area contributed by atoms with Gasteiger partial charge >= 0.3 is 0 Å². The summed E-state index contributed by atoms with van der Waals surface area (Å²) in [5.41, 5.74) is 0.955. The van der Waals surface area contributed by atoms with Crippen LogP contribution in [-0.2, 0) is 19.7 Å². The molecule has 0 radical (unpaired) electrons. The first-order chi connectivity index (χ1) is 14.6. The third-order valence-corrected chi connectivity index (χ3v) is 6.45. The number of carbonyl (C=O) groups excluding carboxylic acids is 1. The second-order valence-electron chi connectivity index (χ2n) is 8.13. The van der Waals surface area contributed by atoms with Crippen LogP contribution in [0.4, 0.5) is 0 Å². The van der Waals surface area contributed by atoms with Gasteiger partial charge in [-0.25, -0.2) is 0 Å². The predicted molar refractivity (Wildman–Crippen MR) is 106 cm³/mol. The van der Waals surface area contributed by atoms with E-state index < -0.39 is 11.2 Å². The highest BCUT2D eigenvalue weighted by Gasteiger charge is 2.56. The summed E-state index contributed by atoms with van der Waals surface area (Å²) in [5, 5.41) is 4.27. The van der Waals surface area contributed by atoms with Crippen molar-refractivity contribution in [3.8, 4) is 22.8 Å². The van der Waals surface area contributed by atoms with Gasteiger partial charge in [-0.2, -0.15) is 0 Å². The lowest BCUT2D eigenvalue weighted by Gasteiger charge is -2.38. The molecule has 0 atom stereocenters. The normalized spacial score (nSPS) is 21.6. The Morgan fingerprint density at radius 3 is 2.33 bits per heavy atom. The van der Waals surface area contributed by atoms with Crippen LogP contribution in [0.25, 0.3) is 11.3 Å². The average molecular weight is 414 g/mol. The molecule has 1 aromatic heterocycles. The summed E-state index contributed by atoms with van der Waals surface area (Å²) in [4.78, 5) is 15.3. The summed E-state index contributed by atoms with van der Waals surface area (Å²) in [7, 11) is 3.19. The van der Waals surface area contributed by atoms with Crippen LogP contribution in [0.2, 0.25) is 0 Å². The molecule has 160 valence electrons. The first-order valence-corrected chi connectivity index (χ1v) is 10.4. The minimum Gasteiger partial charge on any atom is -0.493 e. The number of carbonyl (C=O) groups is 1. The van der Waals surface area contributed by atoms with Crippen LogP contribution in [0.15, 0.2) is 28.8 Å². The molecule has 3 heterocycles. The summed E-state index contributed by atoms with van der Waals surface area (Å²) >= 11 is 0. The molecule has 5 rings (SSSR count). The summed E-state index contributed by atoms with van der Waals surface area (Å²) < 4.78 is 27.8. The maximum Gasteiger partial charge on any atom is 0.234 e. The number of amides is 1. The number of nitrogens with zero attached hydrogens (tertiary/aromatic N) is 2. The van der Waals surface area contributed by atoms with Crippen LogP contribution in [0, 0.1) is 0 Å². The van der Waals surface area contributed by atoms with Gasteiger partial charge < -0.3 is 28.4 Å². The Hall–Kier alpha value is -2.58. The molecule has 3 fully saturated rings. The van der Waals surface area contributed by atoms with Gasteiger partial charge in [-0.3, -0.25) is 4.79 Å². The highest BCUT2D eigenvalue weighted by atomic mass is 16.7. The number of rotatable bonds is 5. The van der Waals surface area contributed by atoms with Gasteiger partial charge in [0, 0.05) is 37.6 Å². The second-order valence-corrected chi connectivity index (χ2v) is 8.13. The number of benzene rings is 1. The molecule has 8 heteroatoms. The Morgan fingerprint density at radius 1 is 1.00 bits per heavy atom. The minimum absolute atomic E-state index is 0.127. The topological polar surface area (TPSA) is 83.3 Å². The fraction of sp³-hybridized carbons (Fsp3) is 0.545. The Morgan fingerprint density at radius 2 is 1.70 bits per heavy atom. The smallest absolute Gasteiger partial charge is 0.234 e. The maximum absolute atomic E-state index is 13.3. The van der Waals surface area contributed by atoms with Gasteiger partial charge in [0.05, 0.1) is 38.5 Å². The average Bonchev–Trinajstić information content (AvgIpc) is 3.22. The molecular formula is C22H26N2O6. The number of hydrogen-bond acceptors (Lipinski definition) is 7. The van der Waals surface area contributed by atoms with Crippen LogP contribution in [0.3, 0.4) is 0 Å². The van der Waals surface area contributed by atoms with Crippen molar-refractivity contribution in [2.24, 2.45) is 0 Å². The molecule has 2 saturated heterocycles. The van der Waals surface area contributed by atoms with Crippen molar-refractivity contribution in [2.45, 2.75) is 36.9 Å². The molecule has 2 aliphatic heterocycles. The highest BCUT2D eigenvalue weighted by molar-refractivity contribution is 5.91. The first-order valence-electron chi connectivity index (χ1n) is 10.4. The number of aromatic nitrogens is 1. The van der Waals surface area contributed by atoms with Gasteiger partial charge in [0.25, 0.3) is 0 Å². The molecule has 1 aromatic carbocycles. The second kappa shape index (κ2) is 7.28. The van der Waals surface area contributed by atoms with Crippen LogP contribution >= 0.6 is 0 Å². The van der Waals surface area contributed by atoms with Crippen LogP contribution in [-0.4, -0.2) is 62.3 Å². The van der Waals surface area contributed by atoms with Crippen molar-refractivity contribution >= 4 is 5.91 Å². The van der Waals surface area contributed by atoms with E-state index in [1.807, 2.05) is 29.2 Å². The zero-order chi connectivity index (χ0) is 20.8. The third kappa shape index (κ3) is 3.15. The number of piperidine rings is 1. The molecule has 30 heavy (non-hydrogen) atoms. The molecule has 1 amide bonds. The quantitative estimate of drug-likeness (QED) is 0.744. The van der Waals surface area contributed by atoms with E-state index in [9.17, 15) is 4.79 Å². The molecular weight excluding hydrogens is 388 g/mol. The van der Waals surface area contributed by atoms with Crippen LogP contribution in [0.5, 0.6) is 11.5 Å². The maximum atomic E-state index is 13.3. The molecule has 1 spiro atoms. The largest absolute Gasteiger partial charge is 0.493 e. The fourth-order valence-corrected chi connectivity index (χ4v) is 4.47. The zero-order valence-electron chi connectivity index (χ0n) is 17.3. The zero-order valence-corrected chi connectivity index (χ0v) is 17.3. The number of methoxy groups -OCH3 is 2. The number of ether oxygens (including phenoxy) is 4. The summed E-state index contributed by atoms with van der Waals surface area (Å²) in [6.45, 7) is 2.55. The molecule has 0 N–H and O–H groups in total. The van der Waals surface area contributed by atoms with E-state index in [1.165, 1.54) is 0 Å². The Balaban J connectivity index is 1.33. The predicted octanol–water partition coefficient (Wildman–Crippen LogP) is 2.76. The Kier molecular flexibility index (Phi) is 4.71. The van der Waals surface area contributed by atoms with E-state index in [4.69, 9.17) is 23.5 Å². The molecule has 0 bridgehead atoms. The van der Waals surface area contributed by atoms with E-state index >= 15 is 0 Å². The lowest BCUT2D eigenvalue weighted by atomic mass is 9.96. The Bertz CT molecular complexity index is 935. The van der Waals surface area contributed by atoms with E-state index in [0.29, 0.717) is 62.1 Å². The number of hydrogen-bond donors (Lipinski definition) is 0. The molecule has 1 aliphatic carbocycles. The van der Waals surface area contributed by atoms with Gasteiger partial charge in [-0.15, -0.1) is 0 Å². The van der Waals surface area contributed by atoms with Gasteiger partial charge in [0.2, 0.25) is 5.91 Å². The minimum atomic E-state index is -0.569. The monoisotopic (exact) mass is 414 g/mol. The van der Waals surface area contributed by atoms with E-state index in [0.717, 1.165) is 18.4 Å². The molecule has 3 aliphatic rings. The van der Waals surface area contributed by atoms with E-state index in [2.05, 4.69) is 5.16 Å². The first kappa shape index (κ1) is 19.4. The van der Waals surface area contributed by atoms with Crippen molar-refractivity contribution in [2.75, 3.05) is 40.5 Å². The van der Waals surface area contributed by atoms with Crippen LogP contribution < -0.4 is 9.47 Å². The van der Waals surface area contributed by atoms with Gasteiger partial charge in [-0.05, 0) is 31.0 Å². The van der Waals surface area contributed by atoms with Crippen molar-refractivity contribution in [1.29, 1.82) is 0 Å². The third-order valence-electron chi connectivity index (χ3n) is 6.45. The molecule has 0 unspecified atom stereocenters. The van der Waals surface area contributed by atoms with Gasteiger partial charge in [-0.1, -0.05) is 5.16 Å². The van der Waals surface area contributed by atoms with Crippen molar-refractivity contribution in [3.63, 3.8) is 0 Å². The van der Waals surface area contributed by atoms with E-state index in [1.54, 1.807) is 14.2 Å². The van der Waals surface area contributed by atoms with Crippen molar-refractivity contribution in [1.82, 2.24) is 10.1 Å². The molecule has 1 saturated carbocycles. The highest BCUT2D eigenvalue weighted by Crippen LogP contribution is 2.50. The molecule has 8 nitrogen and oxygen atoms in total. The number of likely N-dealkylation sites (tertiary alicyclic amines) is 1. The summed E-state index contributed by atoms with van der Waals surface area (Å²) in [6, 6.07) is 7.43. The summed E-state index contributed by atoms with van der Waals surface area (Å²) in [5.74, 6) is 1.51. The Labute approximate surface area is 175 Å². The van der Waals surface area contributed by atoms with Crippen molar-refractivity contribution in [3.05, 3.63) is 30.0 Å². The summed E-state index contributed by atoms with van der Waals surface area (Å²) in [6.07, 6.45) is 3.01. The van der Waals surface area contributed by atoms with E-state index in [-0.39, 0.29) is 5.91 Å². The standard InChI is InChI=1S/C22H26N2O6/c1-26-16-4-3-15(13-18(16)27-2)17-14-19(23-30-17)21(5-6-21)20(25)24-9-7-22(8-10-24)28-11-12-29-22/h3-4,13-14H,5-12H2,1-2H3. The fourth-order valence-electron chi connectivity index (χ4n) is 4.47. The molecule has 2 aromatic rings. The van der Waals surface area contributed by atoms with Gasteiger partial charge in [0.15, 0.2) is 23.0 Å². The lowest BCUT2D eigenvalue weighted by Crippen LogP contribution is -2.50.